The second-order valence-corrected chi connectivity index (χ2v) is 8.80. The number of sulfonamides is 1. The van der Waals surface area contributed by atoms with Crippen LogP contribution in [0.5, 0.6) is 5.75 Å². The number of anilines is 2. The molecular weight excluding hydrogens is 438 g/mol. The first kappa shape index (κ1) is 23.2. The van der Waals surface area contributed by atoms with Crippen molar-refractivity contribution in [3.63, 3.8) is 0 Å². The molecule has 0 saturated heterocycles. The molecule has 0 bridgehead atoms. The van der Waals surface area contributed by atoms with E-state index in [1.165, 1.54) is 10.4 Å². The maximum atomic E-state index is 13.2. The number of hydrogen-bond acceptors (Lipinski definition) is 4. The van der Waals surface area contributed by atoms with Crippen LogP contribution >= 0.6 is 0 Å². The highest BCUT2D eigenvalue weighted by Gasteiger charge is 2.23. The topological polar surface area (TPSA) is 75.7 Å². The number of carbonyl (C=O) groups excluding carboxylic acids is 1. The molecular formula is C23H22F2N2O4S. The van der Waals surface area contributed by atoms with Crippen LogP contribution in [0.3, 0.4) is 0 Å². The number of aryl methyl sites for hydroxylation is 1. The lowest BCUT2D eigenvalue weighted by molar-refractivity contribution is -0.118. The zero-order valence-corrected chi connectivity index (χ0v) is 18.3. The molecule has 0 aliphatic heterocycles. The molecule has 0 aromatic heterocycles. The van der Waals surface area contributed by atoms with Gasteiger partial charge in [-0.05, 0) is 62.4 Å². The number of amides is 1. The van der Waals surface area contributed by atoms with Crippen molar-refractivity contribution in [1.82, 2.24) is 0 Å². The van der Waals surface area contributed by atoms with E-state index in [-0.39, 0.29) is 23.7 Å². The summed E-state index contributed by atoms with van der Waals surface area (Å²) >= 11 is 0. The average molecular weight is 461 g/mol. The Kier molecular flexibility index (Phi) is 7.09. The number of halogens is 2. The molecule has 0 radical (unpaired) electrons. The third kappa shape index (κ3) is 5.42. The lowest BCUT2D eigenvalue weighted by Crippen LogP contribution is -2.30. The van der Waals surface area contributed by atoms with Gasteiger partial charge in [0.15, 0.2) is 18.2 Å². The first-order valence-electron chi connectivity index (χ1n) is 9.78. The van der Waals surface area contributed by atoms with E-state index in [4.69, 9.17) is 4.74 Å². The average Bonchev–Trinajstić information content (AvgIpc) is 2.76. The fraction of sp³-hybridized carbons (Fsp3) is 0.174. The smallest absolute Gasteiger partial charge is 0.264 e. The van der Waals surface area contributed by atoms with Crippen LogP contribution in [0.4, 0.5) is 20.2 Å². The van der Waals surface area contributed by atoms with Crippen LogP contribution in [0.2, 0.25) is 0 Å². The molecule has 0 spiro atoms. The van der Waals surface area contributed by atoms with Crippen molar-refractivity contribution in [3.05, 3.63) is 83.9 Å². The predicted octanol–water partition coefficient (Wildman–Crippen LogP) is 4.51. The van der Waals surface area contributed by atoms with Crippen molar-refractivity contribution < 1.29 is 26.7 Å². The molecule has 0 aliphatic carbocycles. The maximum Gasteiger partial charge on any atom is 0.264 e. The van der Waals surface area contributed by atoms with Crippen LogP contribution in [-0.2, 0) is 14.8 Å². The highest BCUT2D eigenvalue weighted by Crippen LogP contribution is 2.26. The number of benzene rings is 3. The van der Waals surface area contributed by atoms with E-state index in [1.807, 2.05) is 6.92 Å². The molecule has 3 aromatic carbocycles. The summed E-state index contributed by atoms with van der Waals surface area (Å²) in [6.45, 7) is 3.48. The molecule has 168 valence electrons. The van der Waals surface area contributed by atoms with Crippen molar-refractivity contribution in [2.75, 3.05) is 22.8 Å². The molecule has 1 N–H and O–H groups in total. The molecule has 0 aliphatic rings. The third-order valence-corrected chi connectivity index (χ3v) is 6.51. The number of carbonyl (C=O) groups is 1. The second-order valence-electron chi connectivity index (χ2n) is 6.94. The molecule has 0 fully saturated rings. The van der Waals surface area contributed by atoms with Crippen molar-refractivity contribution in [2.45, 2.75) is 18.7 Å². The first-order chi connectivity index (χ1) is 15.2. The molecule has 32 heavy (non-hydrogen) atoms. The Labute approximate surface area is 185 Å². The highest BCUT2D eigenvalue weighted by atomic mass is 32.2. The van der Waals surface area contributed by atoms with Crippen LogP contribution < -0.4 is 14.4 Å². The molecule has 1 amide bonds. The fourth-order valence-corrected chi connectivity index (χ4v) is 4.43. The second kappa shape index (κ2) is 9.78. The van der Waals surface area contributed by atoms with Gasteiger partial charge < -0.3 is 10.1 Å². The Morgan fingerprint density at radius 1 is 0.969 bits per heavy atom. The molecule has 0 unspecified atom stereocenters. The van der Waals surface area contributed by atoms with E-state index in [2.05, 4.69) is 5.32 Å². The van der Waals surface area contributed by atoms with E-state index >= 15 is 0 Å². The largest absolute Gasteiger partial charge is 0.484 e. The SMILES string of the molecule is CCN(c1ccc(OCC(=O)Nc2ccc(F)c(F)c2)cc1)S(=O)(=O)c1ccc(C)cc1. The van der Waals surface area contributed by atoms with Crippen LogP contribution in [0.15, 0.2) is 71.6 Å². The Bertz CT molecular complexity index is 1200. The van der Waals surface area contributed by atoms with Gasteiger partial charge in [-0.1, -0.05) is 17.7 Å². The third-order valence-electron chi connectivity index (χ3n) is 4.59. The number of nitrogens with one attached hydrogen (secondary N) is 1. The van der Waals surface area contributed by atoms with Gasteiger partial charge in [-0.25, -0.2) is 17.2 Å². The normalized spacial score (nSPS) is 11.1. The van der Waals surface area contributed by atoms with Crippen LogP contribution in [0.25, 0.3) is 0 Å². The molecule has 0 heterocycles. The summed E-state index contributed by atoms with van der Waals surface area (Å²) in [4.78, 5) is 12.2. The quantitative estimate of drug-likeness (QED) is 0.537. The molecule has 9 heteroatoms. The van der Waals surface area contributed by atoms with E-state index < -0.39 is 27.6 Å². The summed E-state index contributed by atoms with van der Waals surface area (Å²) in [5.74, 6) is -2.29. The molecule has 0 saturated carbocycles. The van der Waals surface area contributed by atoms with Crippen molar-refractivity contribution in [2.24, 2.45) is 0 Å². The summed E-state index contributed by atoms with van der Waals surface area (Å²) in [6.07, 6.45) is 0. The Morgan fingerprint density at radius 3 is 2.22 bits per heavy atom. The number of rotatable bonds is 8. The fourth-order valence-electron chi connectivity index (χ4n) is 2.96. The molecule has 0 atom stereocenters. The van der Waals surface area contributed by atoms with Gasteiger partial charge in [0, 0.05) is 18.3 Å². The monoisotopic (exact) mass is 460 g/mol. The minimum Gasteiger partial charge on any atom is -0.484 e. The Balaban J connectivity index is 1.65. The van der Waals surface area contributed by atoms with Crippen molar-refractivity contribution in [1.29, 1.82) is 0 Å². The van der Waals surface area contributed by atoms with Crippen LogP contribution in [0.1, 0.15) is 12.5 Å². The molecule has 3 aromatic rings. The summed E-state index contributed by atoms with van der Waals surface area (Å²) in [5, 5.41) is 2.40. The first-order valence-corrected chi connectivity index (χ1v) is 11.2. The highest BCUT2D eigenvalue weighted by molar-refractivity contribution is 7.92. The van der Waals surface area contributed by atoms with Gasteiger partial charge in [-0.15, -0.1) is 0 Å². The zero-order chi connectivity index (χ0) is 23.3. The van der Waals surface area contributed by atoms with Gasteiger partial charge in [0.05, 0.1) is 10.6 Å². The van der Waals surface area contributed by atoms with E-state index in [9.17, 15) is 22.0 Å². The lowest BCUT2D eigenvalue weighted by Gasteiger charge is -2.23. The van der Waals surface area contributed by atoms with Crippen LogP contribution in [-0.4, -0.2) is 27.5 Å². The van der Waals surface area contributed by atoms with Gasteiger partial charge in [0.1, 0.15) is 5.75 Å². The predicted molar refractivity (Wildman–Crippen MR) is 118 cm³/mol. The minimum atomic E-state index is -3.73. The lowest BCUT2D eigenvalue weighted by atomic mass is 10.2. The molecule has 6 nitrogen and oxygen atoms in total. The Hall–Kier alpha value is -3.46. The number of nitrogens with zero attached hydrogens (tertiary/aromatic N) is 1. The van der Waals surface area contributed by atoms with Gasteiger partial charge in [-0.3, -0.25) is 9.10 Å². The van der Waals surface area contributed by atoms with E-state index in [1.54, 1.807) is 55.5 Å². The Morgan fingerprint density at radius 2 is 1.62 bits per heavy atom. The summed E-state index contributed by atoms with van der Waals surface area (Å²) in [5.41, 5.74) is 1.52. The van der Waals surface area contributed by atoms with Crippen LogP contribution in [0, 0.1) is 18.6 Å². The number of hydrogen-bond donors (Lipinski definition) is 1. The summed E-state index contributed by atoms with van der Waals surface area (Å²) < 4.78 is 58.8. The molecule has 3 rings (SSSR count). The zero-order valence-electron chi connectivity index (χ0n) is 17.5. The maximum absolute atomic E-state index is 13.2. The van der Waals surface area contributed by atoms with E-state index in [0.29, 0.717) is 11.4 Å². The van der Waals surface area contributed by atoms with E-state index in [0.717, 1.165) is 17.7 Å². The summed E-state index contributed by atoms with van der Waals surface area (Å²) in [7, 11) is -3.73. The van der Waals surface area contributed by atoms with Gasteiger partial charge in [0.25, 0.3) is 15.9 Å². The number of ether oxygens (including phenoxy) is 1. The van der Waals surface area contributed by atoms with Gasteiger partial charge in [0.2, 0.25) is 0 Å². The summed E-state index contributed by atoms with van der Waals surface area (Å²) in [6, 6.07) is 15.9. The minimum absolute atomic E-state index is 0.104. The van der Waals surface area contributed by atoms with Crippen molar-refractivity contribution >= 4 is 27.3 Å². The van der Waals surface area contributed by atoms with Gasteiger partial charge in [-0.2, -0.15) is 0 Å². The van der Waals surface area contributed by atoms with Gasteiger partial charge >= 0.3 is 0 Å². The standard InChI is InChI=1S/C23H22F2N2O4S/c1-3-27(32(29,30)20-11-4-16(2)5-12-20)18-7-9-19(10-8-18)31-15-23(28)26-17-6-13-21(24)22(25)14-17/h4-14H,3,15H2,1-2H3,(H,26,28). The van der Waals surface area contributed by atoms with Crippen molar-refractivity contribution in [3.8, 4) is 5.75 Å².